The van der Waals surface area contributed by atoms with Crippen LogP contribution in [0.2, 0.25) is 0 Å². The van der Waals surface area contributed by atoms with Crippen LogP contribution in [0.1, 0.15) is 80.0 Å². The Hall–Kier alpha value is -3.47. The number of piperidine rings is 1. The Morgan fingerprint density at radius 1 is 1.24 bits per heavy atom. The maximum Gasteiger partial charge on any atom is 0.418 e. The molecule has 45 heavy (non-hydrogen) atoms. The Bertz CT molecular complexity index is 1580. The number of hydrogen-bond donors (Lipinski definition) is 2. The number of benzene rings is 1. The zero-order chi connectivity index (χ0) is 32.1. The minimum Gasteiger partial charge on any atom is -0.461 e. The van der Waals surface area contributed by atoms with Gasteiger partial charge in [0.15, 0.2) is 5.82 Å². The van der Waals surface area contributed by atoms with Crippen LogP contribution < -0.4 is 15.4 Å². The monoisotopic (exact) mass is 633 g/mol. The molecule has 0 bridgehead atoms. The predicted octanol–water partition coefficient (Wildman–Crippen LogP) is 5.22. The molecule has 0 amide bonds. The fraction of sp³-hybridized carbons (Fsp3) is 0.562. The molecule has 3 N–H and O–H groups in total. The Morgan fingerprint density at radius 2 is 2.02 bits per heavy atom. The highest BCUT2D eigenvalue weighted by Gasteiger charge is 2.48. The first kappa shape index (κ1) is 31.5. The summed E-state index contributed by atoms with van der Waals surface area (Å²) in [5.41, 5.74) is 3.17. The normalized spacial score (nSPS) is 27.7. The summed E-state index contributed by atoms with van der Waals surface area (Å²) < 4.78 is 84.3. The largest absolute Gasteiger partial charge is 0.461 e. The van der Waals surface area contributed by atoms with Crippen LogP contribution in [0.3, 0.4) is 0 Å². The van der Waals surface area contributed by atoms with Crippen LogP contribution in [0.5, 0.6) is 6.01 Å². The lowest BCUT2D eigenvalue weighted by molar-refractivity contribution is -0.140. The van der Waals surface area contributed by atoms with Crippen LogP contribution in [-0.2, 0) is 23.9 Å². The molecular weight excluding hydrogens is 597 g/mol. The van der Waals surface area contributed by atoms with Crippen LogP contribution in [0.25, 0.3) is 0 Å². The second-order valence-electron chi connectivity index (χ2n) is 12.8. The van der Waals surface area contributed by atoms with E-state index in [2.05, 4.69) is 21.7 Å². The van der Waals surface area contributed by atoms with E-state index in [1.54, 1.807) is 6.92 Å². The molecule has 2 aromatic rings. The molecule has 8 nitrogen and oxygen atoms in total. The summed E-state index contributed by atoms with van der Waals surface area (Å²) in [6, 6.07) is 0.900. The van der Waals surface area contributed by atoms with Crippen LogP contribution in [0, 0.1) is 17.7 Å². The Kier molecular flexibility index (Phi) is 8.20. The summed E-state index contributed by atoms with van der Waals surface area (Å²) in [7, 11) is 0. The first-order valence-corrected chi connectivity index (χ1v) is 15.1. The van der Waals surface area contributed by atoms with E-state index in [9.17, 15) is 22.7 Å². The molecule has 13 heteroatoms. The third-order valence-electron chi connectivity index (χ3n) is 9.34. The molecule has 4 aliphatic heterocycles. The molecule has 3 saturated heterocycles. The van der Waals surface area contributed by atoms with Crippen molar-refractivity contribution in [1.82, 2.24) is 14.9 Å². The molecule has 6 rings (SSSR count). The fourth-order valence-corrected chi connectivity index (χ4v) is 7.34. The molecule has 242 valence electrons. The smallest absolute Gasteiger partial charge is 0.418 e. The highest BCUT2D eigenvalue weighted by Crippen LogP contribution is 2.45. The first-order chi connectivity index (χ1) is 21.3. The molecule has 3 fully saturated rings. The lowest BCUT2D eigenvalue weighted by atomic mass is 9.90. The molecule has 3 atom stereocenters. The van der Waals surface area contributed by atoms with Gasteiger partial charge in [-0.25, -0.2) is 8.78 Å². The van der Waals surface area contributed by atoms with E-state index in [-0.39, 0.29) is 32.2 Å². The van der Waals surface area contributed by atoms with Crippen molar-refractivity contribution in [1.29, 1.82) is 0 Å². The minimum atomic E-state index is -4.93. The van der Waals surface area contributed by atoms with E-state index in [1.165, 1.54) is 6.92 Å². The van der Waals surface area contributed by atoms with Gasteiger partial charge in [0, 0.05) is 42.7 Å². The Labute approximate surface area is 258 Å². The van der Waals surface area contributed by atoms with Gasteiger partial charge in [-0.1, -0.05) is 5.92 Å². The molecule has 5 heterocycles. The highest BCUT2D eigenvalue weighted by molar-refractivity contribution is 5.59. The molecule has 0 saturated carbocycles. The number of nitrogen functional groups attached to an aromatic ring is 1. The van der Waals surface area contributed by atoms with Crippen LogP contribution in [0.4, 0.5) is 33.5 Å². The van der Waals surface area contributed by atoms with Crippen molar-refractivity contribution < 1.29 is 36.5 Å². The maximum atomic E-state index is 15.5. The van der Waals surface area contributed by atoms with Crippen molar-refractivity contribution >= 4 is 11.5 Å². The van der Waals surface area contributed by atoms with Crippen LogP contribution in [0.15, 0.2) is 18.0 Å². The van der Waals surface area contributed by atoms with Crippen molar-refractivity contribution in [2.45, 2.75) is 82.4 Å². The lowest BCUT2D eigenvalue weighted by Crippen LogP contribution is -2.47. The second-order valence-corrected chi connectivity index (χ2v) is 12.8. The molecule has 0 spiro atoms. The standard InChI is InChI=1S/C32H36F5N5O3/c1-3-6-20-11-22(38)27(34)25(26(20)32(35,36)37)24-12-23-21(16-44-24)28(41-9-4-7-30(2,43)17-41)40-29(39-23)45-18-31-8-5-10-42(31)15-19(13-31)14-33/h11,14,24,43H,4-5,7-10,12-13,15-18,38H2,1-2H3/b19-14+/t24-,30+,31-/m0/s1. The zero-order valence-electron chi connectivity index (χ0n) is 25.2. The van der Waals surface area contributed by atoms with Crippen LogP contribution in [-0.4, -0.2) is 63.9 Å². The number of nitrogens with two attached hydrogens (primary N) is 1. The molecule has 4 aliphatic rings. The number of β-amino-alcohol motifs (C(OH)–C–C–N with tert-alkyl or cyclic N) is 1. The van der Waals surface area contributed by atoms with Gasteiger partial charge in [-0.3, -0.25) is 4.90 Å². The maximum absolute atomic E-state index is 15.5. The average Bonchev–Trinajstić information content (AvgIpc) is 3.53. The van der Waals surface area contributed by atoms with Gasteiger partial charge >= 0.3 is 12.2 Å². The topological polar surface area (TPSA) is 97.0 Å². The minimum absolute atomic E-state index is 0.00940. The molecule has 0 aliphatic carbocycles. The van der Waals surface area contributed by atoms with Gasteiger partial charge in [0.2, 0.25) is 0 Å². The molecule has 0 unspecified atom stereocenters. The Morgan fingerprint density at radius 3 is 2.73 bits per heavy atom. The third-order valence-corrected chi connectivity index (χ3v) is 9.34. The highest BCUT2D eigenvalue weighted by atomic mass is 19.4. The van der Waals surface area contributed by atoms with E-state index in [0.717, 1.165) is 25.5 Å². The van der Waals surface area contributed by atoms with E-state index >= 15 is 4.39 Å². The van der Waals surface area contributed by atoms with Crippen LogP contribution >= 0.6 is 0 Å². The summed E-state index contributed by atoms with van der Waals surface area (Å²) in [4.78, 5) is 13.4. The van der Waals surface area contributed by atoms with Crippen molar-refractivity contribution in [2.24, 2.45) is 0 Å². The van der Waals surface area contributed by atoms with Gasteiger partial charge in [-0.05, 0) is 64.1 Å². The van der Waals surface area contributed by atoms with Crippen molar-refractivity contribution in [2.75, 3.05) is 43.4 Å². The third kappa shape index (κ3) is 5.95. The lowest BCUT2D eigenvalue weighted by Gasteiger charge is -2.39. The number of alkyl halides is 3. The summed E-state index contributed by atoms with van der Waals surface area (Å²) in [6.45, 7) is 5.30. The Balaban J connectivity index is 1.40. The van der Waals surface area contributed by atoms with E-state index in [0.29, 0.717) is 61.3 Å². The number of aliphatic hydroxyl groups is 1. The SMILES string of the molecule is CC#Cc1cc(N)c(F)c([C@@H]2Cc3nc(OC[C@@]45CCCN4C/C(=C/F)C5)nc(N4CCC[C@@](C)(O)C4)c3CO2)c1C(F)(F)F. The predicted molar refractivity (Wildman–Crippen MR) is 157 cm³/mol. The van der Waals surface area contributed by atoms with Gasteiger partial charge in [-0.2, -0.15) is 23.1 Å². The van der Waals surface area contributed by atoms with Crippen molar-refractivity contribution in [3.8, 4) is 17.9 Å². The zero-order valence-corrected chi connectivity index (χ0v) is 25.2. The number of rotatable bonds is 5. The number of hydrogen-bond acceptors (Lipinski definition) is 8. The number of halogens is 5. The van der Waals surface area contributed by atoms with Crippen molar-refractivity contribution in [3.05, 3.63) is 51.7 Å². The summed E-state index contributed by atoms with van der Waals surface area (Å²) in [5, 5.41) is 10.8. The van der Waals surface area contributed by atoms with Gasteiger partial charge in [0.05, 0.1) is 47.1 Å². The van der Waals surface area contributed by atoms with Crippen molar-refractivity contribution in [3.63, 3.8) is 0 Å². The number of aromatic nitrogens is 2. The van der Waals surface area contributed by atoms with E-state index in [4.69, 9.17) is 20.2 Å². The number of nitrogens with zero attached hydrogens (tertiary/aromatic N) is 4. The fourth-order valence-electron chi connectivity index (χ4n) is 7.34. The molecule has 0 radical (unpaired) electrons. The molecule has 1 aromatic carbocycles. The molecule has 1 aromatic heterocycles. The van der Waals surface area contributed by atoms with E-state index < -0.39 is 51.6 Å². The number of fused-ring (bicyclic) bond motifs is 2. The summed E-state index contributed by atoms with van der Waals surface area (Å²) in [5.74, 6) is 4.09. The van der Waals surface area contributed by atoms with Gasteiger partial charge in [0.25, 0.3) is 0 Å². The van der Waals surface area contributed by atoms with Gasteiger partial charge in [-0.15, -0.1) is 5.92 Å². The quantitative estimate of drug-likeness (QED) is 0.263. The summed E-state index contributed by atoms with van der Waals surface area (Å²) >= 11 is 0. The number of ether oxygens (including phenoxy) is 2. The average molecular weight is 634 g/mol. The van der Waals surface area contributed by atoms with Gasteiger partial charge < -0.3 is 25.2 Å². The molecular formula is C32H36F5N5O3. The van der Waals surface area contributed by atoms with Gasteiger partial charge in [0.1, 0.15) is 12.4 Å². The number of anilines is 2. The second kappa shape index (κ2) is 11.7. The first-order valence-electron chi connectivity index (χ1n) is 15.1. The summed E-state index contributed by atoms with van der Waals surface area (Å²) in [6.07, 6.45) is -2.30. The van der Waals surface area contributed by atoms with E-state index in [1.807, 2.05) is 4.90 Å².